The van der Waals surface area contributed by atoms with Crippen LogP contribution in [0.2, 0.25) is 0 Å². The van der Waals surface area contributed by atoms with E-state index in [0.29, 0.717) is 0 Å². The molecule has 1 aromatic heterocycles. The second-order valence-electron chi connectivity index (χ2n) is 2.89. The van der Waals surface area contributed by atoms with Crippen molar-refractivity contribution in [1.82, 2.24) is 4.57 Å². The Kier molecular flexibility index (Phi) is 4.09. The molecule has 0 aliphatic carbocycles. The summed E-state index contributed by atoms with van der Waals surface area (Å²) in [5, 5.41) is 0. The highest BCUT2D eigenvalue weighted by atomic mass is 32.2. The van der Waals surface area contributed by atoms with Crippen molar-refractivity contribution in [2.45, 2.75) is 20.4 Å². The van der Waals surface area contributed by atoms with Gasteiger partial charge in [0, 0.05) is 24.1 Å². The minimum absolute atomic E-state index is 0.138. The van der Waals surface area contributed by atoms with Crippen LogP contribution in [0.5, 0.6) is 0 Å². The van der Waals surface area contributed by atoms with Gasteiger partial charge in [0.15, 0.2) is 0 Å². The van der Waals surface area contributed by atoms with Gasteiger partial charge in [0.2, 0.25) is 0 Å². The van der Waals surface area contributed by atoms with E-state index in [1.54, 1.807) is 4.57 Å². The molecule has 0 fully saturated rings. The Bertz CT molecular complexity index is 319. The van der Waals surface area contributed by atoms with Crippen molar-refractivity contribution >= 4 is 11.8 Å². The molecule has 13 heavy (non-hydrogen) atoms. The summed E-state index contributed by atoms with van der Waals surface area (Å²) in [5.41, 5.74) is 0.961. The summed E-state index contributed by atoms with van der Waals surface area (Å²) in [5.74, 6) is 2.13. The van der Waals surface area contributed by atoms with Crippen LogP contribution in [0.4, 0.5) is 0 Å². The zero-order valence-electron chi connectivity index (χ0n) is 8.12. The van der Waals surface area contributed by atoms with Gasteiger partial charge < -0.3 is 4.57 Å². The third kappa shape index (κ3) is 2.92. The van der Waals surface area contributed by atoms with Crippen molar-refractivity contribution in [3.05, 3.63) is 34.2 Å². The number of aromatic nitrogens is 1. The highest BCUT2D eigenvalue weighted by Crippen LogP contribution is 1.99. The standard InChI is InChI=1S/C10H15NOS/c1-3-13-8-7-11-6-4-5-9(2)10(11)12/h4-6H,3,7-8H2,1-2H3. The molecular formula is C10H15NOS. The molecule has 3 heteroatoms. The molecule has 2 nitrogen and oxygen atoms in total. The zero-order chi connectivity index (χ0) is 9.68. The average molecular weight is 197 g/mol. The third-order valence-electron chi connectivity index (χ3n) is 1.89. The number of thioether (sulfide) groups is 1. The molecule has 0 aliphatic rings. The second kappa shape index (κ2) is 5.12. The Morgan fingerprint density at radius 2 is 2.31 bits per heavy atom. The lowest BCUT2D eigenvalue weighted by Crippen LogP contribution is -2.22. The first-order valence-corrected chi connectivity index (χ1v) is 5.65. The van der Waals surface area contributed by atoms with Crippen molar-refractivity contribution in [3.63, 3.8) is 0 Å². The number of aryl methyl sites for hydroxylation is 2. The molecule has 0 aromatic carbocycles. The molecule has 0 bridgehead atoms. The van der Waals surface area contributed by atoms with E-state index in [2.05, 4.69) is 6.92 Å². The van der Waals surface area contributed by atoms with Crippen LogP contribution < -0.4 is 5.56 Å². The van der Waals surface area contributed by atoms with Crippen molar-refractivity contribution < 1.29 is 0 Å². The molecule has 0 unspecified atom stereocenters. The Labute approximate surface area is 83.0 Å². The first kappa shape index (κ1) is 10.4. The molecule has 0 amide bonds. The van der Waals surface area contributed by atoms with Crippen molar-refractivity contribution in [2.75, 3.05) is 11.5 Å². The fraction of sp³-hybridized carbons (Fsp3) is 0.500. The highest BCUT2D eigenvalue weighted by Gasteiger charge is 1.96. The maximum atomic E-state index is 11.5. The molecule has 1 heterocycles. The van der Waals surface area contributed by atoms with Gasteiger partial charge in [0.1, 0.15) is 0 Å². The van der Waals surface area contributed by atoms with Crippen LogP contribution in [0, 0.1) is 6.92 Å². The van der Waals surface area contributed by atoms with Crippen LogP contribution in [0.15, 0.2) is 23.1 Å². The normalized spacial score (nSPS) is 10.3. The van der Waals surface area contributed by atoms with Gasteiger partial charge in [-0.25, -0.2) is 0 Å². The maximum absolute atomic E-state index is 11.5. The Morgan fingerprint density at radius 1 is 1.54 bits per heavy atom. The Balaban J connectivity index is 2.67. The predicted octanol–water partition coefficient (Wildman–Crippen LogP) is 1.91. The molecule has 0 spiro atoms. The van der Waals surface area contributed by atoms with Crippen LogP contribution in [0.1, 0.15) is 12.5 Å². The molecule has 0 saturated carbocycles. The molecule has 0 saturated heterocycles. The van der Waals surface area contributed by atoms with Gasteiger partial charge in [-0.1, -0.05) is 13.0 Å². The van der Waals surface area contributed by atoms with Gasteiger partial charge in [-0.2, -0.15) is 11.8 Å². The quantitative estimate of drug-likeness (QED) is 0.688. The molecule has 1 aromatic rings. The number of hydrogen-bond donors (Lipinski definition) is 0. The minimum atomic E-state index is 0.138. The monoisotopic (exact) mass is 197 g/mol. The molecule has 0 atom stereocenters. The van der Waals surface area contributed by atoms with Crippen LogP contribution in [0.3, 0.4) is 0 Å². The smallest absolute Gasteiger partial charge is 0.253 e. The maximum Gasteiger partial charge on any atom is 0.253 e. The Hall–Kier alpha value is -0.700. The van der Waals surface area contributed by atoms with Crippen LogP contribution >= 0.6 is 11.8 Å². The first-order valence-electron chi connectivity index (χ1n) is 4.49. The number of rotatable bonds is 4. The van der Waals surface area contributed by atoms with E-state index in [0.717, 1.165) is 23.6 Å². The second-order valence-corrected chi connectivity index (χ2v) is 4.28. The fourth-order valence-corrected chi connectivity index (χ4v) is 1.75. The average Bonchev–Trinajstić information content (AvgIpc) is 2.13. The van der Waals surface area contributed by atoms with Crippen LogP contribution in [-0.2, 0) is 6.54 Å². The van der Waals surface area contributed by atoms with Crippen molar-refractivity contribution in [2.24, 2.45) is 0 Å². The van der Waals surface area contributed by atoms with Crippen molar-refractivity contribution in [3.8, 4) is 0 Å². The molecule has 1 rings (SSSR count). The summed E-state index contributed by atoms with van der Waals surface area (Å²) < 4.78 is 1.78. The van der Waals surface area contributed by atoms with E-state index in [4.69, 9.17) is 0 Å². The molecule has 0 radical (unpaired) electrons. The lowest BCUT2D eigenvalue weighted by molar-refractivity contribution is 0.729. The number of hydrogen-bond acceptors (Lipinski definition) is 2. The van der Waals surface area contributed by atoms with E-state index in [9.17, 15) is 4.79 Å². The predicted molar refractivity (Wildman–Crippen MR) is 58.4 cm³/mol. The van der Waals surface area contributed by atoms with E-state index >= 15 is 0 Å². The molecule has 0 N–H and O–H groups in total. The first-order chi connectivity index (χ1) is 6.25. The summed E-state index contributed by atoms with van der Waals surface area (Å²) in [6.07, 6.45) is 1.85. The van der Waals surface area contributed by atoms with Gasteiger partial charge >= 0.3 is 0 Å². The van der Waals surface area contributed by atoms with Gasteiger partial charge in [0.25, 0.3) is 5.56 Å². The van der Waals surface area contributed by atoms with Gasteiger partial charge in [0.05, 0.1) is 0 Å². The van der Waals surface area contributed by atoms with Crippen LogP contribution in [-0.4, -0.2) is 16.1 Å². The largest absolute Gasteiger partial charge is 0.314 e. The molecule has 72 valence electrons. The highest BCUT2D eigenvalue weighted by molar-refractivity contribution is 7.99. The van der Waals surface area contributed by atoms with Crippen LogP contribution in [0.25, 0.3) is 0 Å². The van der Waals surface area contributed by atoms with Gasteiger partial charge in [-0.3, -0.25) is 4.79 Å². The summed E-state index contributed by atoms with van der Waals surface area (Å²) in [6, 6.07) is 3.78. The number of pyridine rings is 1. The number of nitrogens with zero attached hydrogens (tertiary/aromatic N) is 1. The van der Waals surface area contributed by atoms with Gasteiger partial charge in [-0.05, 0) is 18.7 Å². The molecular weight excluding hydrogens is 182 g/mol. The van der Waals surface area contributed by atoms with Gasteiger partial charge in [-0.15, -0.1) is 0 Å². The lowest BCUT2D eigenvalue weighted by atomic mass is 10.3. The van der Waals surface area contributed by atoms with E-state index in [1.165, 1.54) is 0 Å². The topological polar surface area (TPSA) is 22.0 Å². The summed E-state index contributed by atoms with van der Waals surface area (Å²) in [6.45, 7) is 4.80. The summed E-state index contributed by atoms with van der Waals surface area (Å²) in [7, 11) is 0. The van der Waals surface area contributed by atoms with E-state index < -0.39 is 0 Å². The van der Waals surface area contributed by atoms with Crippen molar-refractivity contribution in [1.29, 1.82) is 0 Å². The summed E-state index contributed by atoms with van der Waals surface area (Å²) >= 11 is 1.86. The lowest BCUT2D eigenvalue weighted by Gasteiger charge is -2.04. The van der Waals surface area contributed by atoms with E-state index in [1.807, 2.05) is 37.0 Å². The van der Waals surface area contributed by atoms with E-state index in [-0.39, 0.29) is 5.56 Å². The minimum Gasteiger partial charge on any atom is -0.314 e. The molecule has 0 aliphatic heterocycles. The summed E-state index contributed by atoms with van der Waals surface area (Å²) in [4.78, 5) is 11.5. The fourth-order valence-electron chi connectivity index (χ4n) is 1.14. The third-order valence-corrected chi connectivity index (χ3v) is 2.77. The SMILES string of the molecule is CCSCCn1cccc(C)c1=O. The zero-order valence-corrected chi connectivity index (χ0v) is 8.93. The Morgan fingerprint density at radius 3 is 3.00 bits per heavy atom.